The number of ether oxygens (including phenoxy) is 3. The topological polar surface area (TPSA) is 68.2 Å². The molecule has 0 bridgehead atoms. The maximum absolute atomic E-state index is 12.0. The Balaban J connectivity index is 0.00000139. The average molecular weight is 451 g/mol. The first-order valence-electron chi connectivity index (χ1n) is 8.01. The lowest BCUT2D eigenvalue weighted by Gasteiger charge is -2.26. The summed E-state index contributed by atoms with van der Waals surface area (Å²) in [5, 5.41) is 9.90. The van der Waals surface area contributed by atoms with E-state index < -0.39 is 5.97 Å². The van der Waals surface area contributed by atoms with Crippen LogP contribution in [0.5, 0.6) is 11.5 Å². The van der Waals surface area contributed by atoms with Crippen LogP contribution >= 0.6 is 22.6 Å². The largest absolute Gasteiger partial charge is 0.507 e. The van der Waals surface area contributed by atoms with Crippen molar-refractivity contribution < 1.29 is 24.1 Å². The van der Waals surface area contributed by atoms with Gasteiger partial charge in [0.2, 0.25) is 0 Å². The zero-order valence-corrected chi connectivity index (χ0v) is 16.5. The molecule has 1 heterocycles. The van der Waals surface area contributed by atoms with Crippen LogP contribution in [0.25, 0.3) is 0 Å². The van der Waals surface area contributed by atoms with Gasteiger partial charge < -0.3 is 19.3 Å². The number of benzene rings is 1. The number of alkyl halides is 1. The molecule has 0 spiro atoms. The van der Waals surface area contributed by atoms with Gasteiger partial charge in [-0.15, -0.1) is 0 Å². The van der Waals surface area contributed by atoms with Crippen LogP contribution in [0.2, 0.25) is 0 Å². The van der Waals surface area contributed by atoms with Crippen molar-refractivity contribution in [2.45, 2.75) is 13.3 Å². The quantitative estimate of drug-likeness (QED) is 0.391. The van der Waals surface area contributed by atoms with Crippen LogP contribution in [-0.4, -0.2) is 67.0 Å². The van der Waals surface area contributed by atoms with Crippen molar-refractivity contribution in [2.75, 3.05) is 51.0 Å². The molecule has 0 saturated carbocycles. The van der Waals surface area contributed by atoms with Gasteiger partial charge >= 0.3 is 5.97 Å². The Kier molecular flexibility index (Phi) is 10.8. The predicted octanol–water partition coefficient (Wildman–Crippen LogP) is 2.72. The Morgan fingerprint density at radius 3 is 2.62 bits per heavy atom. The number of hydrogen-bond donors (Lipinski definition) is 1. The molecule has 2 rings (SSSR count). The molecule has 136 valence electrons. The SMILES string of the molecule is CCCOc1ccc(C(=O)OCCN2CCOCC2)c(O)c1.CI. The number of rotatable bonds is 7. The lowest BCUT2D eigenvalue weighted by atomic mass is 10.2. The molecule has 0 aromatic heterocycles. The fraction of sp³-hybridized carbons (Fsp3) is 0.588. The Hall–Kier alpha value is -1.06. The van der Waals surface area contributed by atoms with Crippen LogP contribution in [0.3, 0.4) is 0 Å². The van der Waals surface area contributed by atoms with Gasteiger partial charge in [0.25, 0.3) is 0 Å². The highest BCUT2D eigenvalue weighted by atomic mass is 127. The molecular formula is C17H26INO5. The van der Waals surface area contributed by atoms with Gasteiger partial charge in [-0.05, 0) is 23.5 Å². The number of hydrogen-bond acceptors (Lipinski definition) is 6. The van der Waals surface area contributed by atoms with Gasteiger partial charge in [0.1, 0.15) is 23.7 Å². The van der Waals surface area contributed by atoms with E-state index in [0.29, 0.717) is 38.7 Å². The van der Waals surface area contributed by atoms with Crippen molar-refractivity contribution >= 4 is 28.6 Å². The van der Waals surface area contributed by atoms with Crippen LogP contribution in [0, 0.1) is 0 Å². The van der Waals surface area contributed by atoms with E-state index in [0.717, 1.165) is 19.5 Å². The summed E-state index contributed by atoms with van der Waals surface area (Å²) < 4.78 is 15.9. The molecule has 1 saturated heterocycles. The number of phenolic OH excluding ortho intramolecular Hbond substituents is 1. The lowest BCUT2D eigenvalue weighted by Crippen LogP contribution is -2.38. The molecule has 6 nitrogen and oxygen atoms in total. The molecule has 0 amide bonds. The molecule has 24 heavy (non-hydrogen) atoms. The number of halogens is 1. The van der Waals surface area contributed by atoms with Crippen LogP contribution in [0.15, 0.2) is 18.2 Å². The standard InChI is InChI=1S/C16H23NO5.CH3I/c1-2-8-21-13-3-4-14(15(18)12-13)16(19)22-11-7-17-5-9-20-10-6-17;1-2/h3-4,12,18H,2,5-11H2,1H3;1H3. The number of carbonyl (C=O) groups is 1. The van der Waals surface area contributed by atoms with Crippen molar-refractivity contribution in [2.24, 2.45) is 0 Å². The maximum Gasteiger partial charge on any atom is 0.341 e. The smallest absolute Gasteiger partial charge is 0.341 e. The van der Waals surface area contributed by atoms with E-state index in [2.05, 4.69) is 27.5 Å². The van der Waals surface area contributed by atoms with E-state index in [4.69, 9.17) is 14.2 Å². The van der Waals surface area contributed by atoms with Crippen molar-refractivity contribution in [1.29, 1.82) is 0 Å². The third kappa shape index (κ3) is 7.23. The average Bonchev–Trinajstić information content (AvgIpc) is 2.62. The van der Waals surface area contributed by atoms with Crippen LogP contribution in [0.4, 0.5) is 0 Å². The van der Waals surface area contributed by atoms with E-state index in [-0.39, 0.29) is 11.3 Å². The van der Waals surface area contributed by atoms with Crippen molar-refractivity contribution in [1.82, 2.24) is 4.90 Å². The summed E-state index contributed by atoms with van der Waals surface area (Å²) in [6.07, 6.45) is 0.881. The second-order valence-corrected chi connectivity index (χ2v) is 5.12. The minimum atomic E-state index is -0.521. The van der Waals surface area contributed by atoms with Crippen molar-refractivity contribution in [3.05, 3.63) is 23.8 Å². The second kappa shape index (κ2) is 12.3. The summed E-state index contributed by atoms with van der Waals surface area (Å²) in [5.41, 5.74) is 0.158. The Morgan fingerprint density at radius 1 is 1.29 bits per heavy atom. The number of phenols is 1. The monoisotopic (exact) mass is 451 g/mol. The molecule has 7 heteroatoms. The summed E-state index contributed by atoms with van der Waals surface area (Å²) in [6, 6.07) is 4.62. The molecule has 1 fully saturated rings. The number of nitrogens with zero attached hydrogens (tertiary/aromatic N) is 1. The zero-order valence-electron chi connectivity index (χ0n) is 14.3. The first kappa shape index (κ1) is 21.0. The minimum Gasteiger partial charge on any atom is -0.507 e. The number of morpholine rings is 1. The highest BCUT2D eigenvalue weighted by molar-refractivity contribution is 14.1. The Bertz CT molecular complexity index is 492. The fourth-order valence-corrected chi connectivity index (χ4v) is 2.16. The summed E-state index contributed by atoms with van der Waals surface area (Å²) in [4.78, 5) is 16.1. The van der Waals surface area contributed by atoms with Crippen LogP contribution in [0.1, 0.15) is 23.7 Å². The Morgan fingerprint density at radius 2 is 2.00 bits per heavy atom. The van der Waals surface area contributed by atoms with E-state index in [1.807, 2.05) is 11.9 Å². The van der Waals surface area contributed by atoms with Gasteiger partial charge in [0.05, 0.1) is 19.8 Å². The zero-order chi connectivity index (χ0) is 17.8. The summed E-state index contributed by atoms with van der Waals surface area (Å²) in [5.74, 6) is -0.0954. The fourth-order valence-electron chi connectivity index (χ4n) is 2.16. The predicted molar refractivity (Wildman–Crippen MR) is 101 cm³/mol. The number of aromatic hydroxyl groups is 1. The van der Waals surface area contributed by atoms with Gasteiger partial charge in [-0.2, -0.15) is 0 Å². The molecule has 1 aliphatic heterocycles. The van der Waals surface area contributed by atoms with Crippen molar-refractivity contribution in [3.63, 3.8) is 0 Å². The molecule has 0 atom stereocenters. The molecule has 0 radical (unpaired) electrons. The summed E-state index contributed by atoms with van der Waals surface area (Å²) in [6.45, 7) is 6.68. The van der Waals surface area contributed by atoms with E-state index in [1.54, 1.807) is 6.07 Å². The van der Waals surface area contributed by atoms with Crippen LogP contribution in [-0.2, 0) is 9.47 Å². The maximum atomic E-state index is 12.0. The van der Waals surface area contributed by atoms with Gasteiger partial charge in [-0.1, -0.05) is 29.5 Å². The third-order valence-electron chi connectivity index (χ3n) is 3.41. The molecule has 1 aromatic carbocycles. The first-order valence-corrected chi connectivity index (χ1v) is 10.2. The Labute approximate surface area is 157 Å². The van der Waals surface area contributed by atoms with Crippen LogP contribution < -0.4 is 4.74 Å². The third-order valence-corrected chi connectivity index (χ3v) is 3.41. The van der Waals surface area contributed by atoms with Crippen molar-refractivity contribution in [3.8, 4) is 11.5 Å². The number of carbonyl (C=O) groups excluding carboxylic acids is 1. The highest BCUT2D eigenvalue weighted by Crippen LogP contribution is 2.24. The molecule has 0 aliphatic carbocycles. The molecular weight excluding hydrogens is 425 g/mol. The number of esters is 1. The van der Waals surface area contributed by atoms with E-state index >= 15 is 0 Å². The molecule has 1 N–H and O–H groups in total. The van der Waals surface area contributed by atoms with Gasteiger partial charge in [0.15, 0.2) is 0 Å². The van der Waals surface area contributed by atoms with Gasteiger partial charge in [-0.25, -0.2) is 4.79 Å². The first-order chi connectivity index (χ1) is 11.7. The highest BCUT2D eigenvalue weighted by Gasteiger charge is 2.15. The molecule has 1 aliphatic rings. The minimum absolute atomic E-state index is 0.120. The normalized spacial score (nSPS) is 14.5. The lowest BCUT2D eigenvalue weighted by molar-refractivity contribution is 0.0194. The van der Waals surface area contributed by atoms with E-state index in [9.17, 15) is 9.90 Å². The van der Waals surface area contributed by atoms with Gasteiger partial charge in [-0.3, -0.25) is 4.90 Å². The van der Waals surface area contributed by atoms with Gasteiger partial charge in [0, 0.05) is 25.7 Å². The summed E-state index contributed by atoms with van der Waals surface area (Å²) >= 11 is 2.15. The molecule has 1 aromatic rings. The molecule has 0 unspecified atom stereocenters. The van der Waals surface area contributed by atoms with E-state index in [1.165, 1.54) is 12.1 Å². The summed E-state index contributed by atoms with van der Waals surface area (Å²) in [7, 11) is 0. The second-order valence-electron chi connectivity index (χ2n) is 5.12.